The number of halogens is 3. The van der Waals surface area contributed by atoms with Crippen molar-refractivity contribution in [2.75, 3.05) is 51.3 Å². The van der Waals surface area contributed by atoms with Crippen molar-refractivity contribution in [3.63, 3.8) is 0 Å². The first-order chi connectivity index (χ1) is 13.0. The third kappa shape index (κ3) is 7.43. The molecule has 162 valence electrons. The number of rotatable bonds is 7. The average Bonchev–Trinajstić information content (AvgIpc) is 2.69. The molecule has 0 spiro atoms. The second kappa shape index (κ2) is 12.4. The predicted octanol–water partition coefficient (Wildman–Crippen LogP) is 4.06. The van der Waals surface area contributed by atoms with Crippen LogP contribution in [0.25, 0.3) is 0 Å². The number of nitrogens with zero attached hydrogens (tertiary/aromatic N) is 2. The van der Waals surface area contributed by atoms with Gasteiger partial charge in [-0.2, -0.15) is 0 Å². The number of aliphatic hydroxyl groups excluding tert-OH is 1. The van der Waals surface area contributed by atoms with Gasteiger partial charge in [0.2, 0.25) is 0 Å². The first-order valence-corrected chi connectivity index (χ1v) is 9.61. The molecule has 0 amide bonds. The maximum Gasteiger partial charge on any atom is 0.119 e. The highest BCUT2D eigenvalue weighted by Crippen LogP contribution is 2.22. The highest BCUT2D eigenvalue weighted by Gasteiger charge is 2.20. The van der Waals surface area contributed by atoms with Crippen molar-refractivity contribution in [3.8, 4) is 11.5 Å². The minimum Gasteiger partial charge on any atom is -0.497 e. The number of hydrogen-bond acceptors (Lipinski definition) is 5. The Morgan fingerprint density at radius 1 is 1.00 bits per heavy atom. The summed E-state index contributed by atoms with van der Waals surface area (Å²) in [7, 11) is 1.68. The number of anilines is 1. The second-order valence-corrected chi connectivity index (χ2v) is 7.27. The lowest BCUT2D eigenvalue weighted by Gasteiger charge is -2.36. The van der Waals surface area contributed by atoms with Gasteiger partial charge in [0.05, 0.1) is 7.11 Å². The summed E-state index contributed by atoms with van der Waals surface area (Å²) in [6.07, 6.45) is -0.520. The van der Waals surface area contributed by atoms with E-state index >= 15 is 0 Å². The summed E-state index contributed by atoms with van der Waals surface area (Å²) in [5.41, 5.74) is 2.18. The number of ether oxygens (including phenoxy) is 2. The van der Waals surface area contributed by atoms with Crippen molar-refractivity contribution < 1.29 is 14.6 Å². The highest BCUT2D eigenvalue weighted by atomic mass is 35.5. The summed E-state index contributed by atoms with van der Waals surface area (Å²) in [4.78, 5) is 4.64. The molecule has 0 saturated carbocycles. The Labute approximate surface area is 190 Å². The van der Waals surface area contributed by atoms with Crippen LogP contribution >= 0.6 is 36.4 Å². The van der Waals surface area contributed by atoms with Crippen LogP contribution in [0.15, 0.2) is 42.5 Å². The minimum absolute atomic E-state index is 0. The molecule has 1 fully saturated rings. The van der Waals surface area contributed by atoms with Gasteiger partial charge < -0.3 is 19.5 Å². The lowest BCUT2D eigenvalue weighted by molar-refractivity contribution is 0.0663. The molecule has 1 heterocycles. The van der Waals surface area contributed by atoms with E-state index in [0.717, 1.165) is 48.3 Å². The molecule has 3 rings (SSSR count). The van der Waals surface area contributed by atoms with Crippen LogP contribution < -0.4 is 14.4 Å². The van der Waals surface area contributed by atoms with Crippen molar-refractivity contribution in [2.45, 2.75) is 13.0 Å². The van der Waals surface area contributed by atoms with Crippen molar-refractivity contribution in [2.24, 2.45) is 0 Å². The van der Waals surface area contributed by atoms with Gasteiger partial charge in [-0.1, -0.05) is 11.6 Å². The first kappa shape index (κ1) is 25.7. The molecule has 0 radical (unpaired) electrons. The molecular formula is C21H29Cl3N2O3. The van der Waals surface area contributed by atoms with Gasteiger partial charge in [0.25, 0.3) is 0 Å². The molecule has 2 aromatic carbocycles. The van der Waals surface area contributed by atoms with Gasteiger partial charge in [-0.25, -0.2) is 0 Å². The molecule has 2 aromatic rings. The number of piperazine rings is 1. The topological polar surface area (TPSA) is 45.2 Å². The van der Waals surface area contributed by atoms with E-state index in [-0.39, 0.29) is 31.4 Å². The van der Waals surface area contributed by atoms with Gasteiger partial charge in [-0.15, -0.1) is 24.8 Å². The van der Waals surface area contributed by atoms with Crippen molar-refractivity contribution in [1.29, 1.82) is 0 Å². The Balaban J connectivity index is 0.00000210. The van der Waals surface area contributed by atoms with E-state index in [1.54, 1.807) is 7.11 Å². The van der Waals surface area contributed by atoms with Crippen LogP contribution in [0, 0.1) is 6.92 Å². The smallest absolute Gasteiger partial charge is 0.119 e. The van der Waals surface area contributed by atoms with Crippen LogP contribution in [0.2, 0.25) is 5.02 Å². The summed E-state index contributed by atoms with van der Waals surface area (Å²) in [5.74, 6) is 1.61. The van der Waals surface area contributed by atoms with E-state index < -0.39 is 6.10 Å². The zero-order chi connectivity index (χ0) is 19.2. The maximum atomic E-state index is 10.3. The van der Waals surface area contributed by atoms with E-state index in [2.05, 4.69) is 21.9 Å². The molecule has 1 N–H and O–H groups in total. The number of aryl methyl sites for hydroxylation is 1. The van der Waals surface area contributed by atoms with Crippen LogP contribution in [0.1, 0.15) is 5.56 Å². The molecule has 0 aromatic heterocycles. The van der Waals surface area contributed by atoms with Crippen LogP contribution in [0.3, 0.4) is 0 Å². The number of β-amino-alcohol motifs (C(OH)–C–C–N with tert-alkyl or cyclic N) is 1. The van der Waals surface area contributed by atoms with E-state index in [0.29, 0.717) is 6.54 Å². The molecule has 1 atom stereocenters. The Morgan fingerprint density at radius 2 is 1.62 bits per heavy atom. The van der Waals surface area contributed by atoms with E-state index in [4.69, 9.17) is 21.1 Å². The zero-order valence-corrected chi connectivity index (χ0v) is 19.1. The van der Waals surface area contributed by atoms with Crippen LogP contribution in [-0.2, 0) is 0 Å². The van der Waals surface area contributed by atoms with E-state index in [1.807, 2.05) is 37.3 Å². The van der Waals surface area contributed by atoms with Gasteiger partial charge in [-0.05, 0) is 55.0 Å². The summed E-state index contributed by atoms with van der Waals surface area (Å²) in [6.45, 7) is 6.55. The number of benzene rings is 2. The zero-order valence-electron chi connectivity index (χ0n) is 16.7. The Kier molecular flexibility index (Phi) is 10.9. The molecule has 0 bridgehead atoms. The Bertz CT molecular complexity index is 738. The average molecular weight is 464 g/mol. The van der Waals surface area contributed by atoms with Gasteiger partial charge in [0.1, 0.15) is 24.2 Å². The molecule has 1 saturated heterocycles. The molecule has 1 aliphatic heterocycles. The highest BCUT2D eigenvalue weighted by molar-refractivity contribution is 6.31. The van der Waals surface area contributed by atoms with Crippen LogP contribution in [-0.4, -0.2) is 62.6 Å². The molecule has 29 heavy (non-hydrogen) atoms. The molecule has 5 nitrogen and oxygen atoms in total. The summed E-state index contributed by atoms with van der Waals surface area (Å²) < 4.78 is 10.9. The fourth-order valence-corrected chi connectivity index (χ4v) is 3.35. The lowest BCUT2D eigenvalue weighted by Crippen LogP contribution is -2.49. The number of aliphatic hydroxyl groups is 1. The normalized spacial score (nSPS) is 15.1. The third-order valence-corrected chi connectivity index (χ3v) is 5.27. The molecule has 1 aliphatic rings. The minimum atomic E-state index is -0.520. The largest absolute Gasteiger partial charge is 0.497 e. The Hall–Kier alpha value is -1.37. The maximum absolute atomic E-state index is 10.3. The van der Waals surface area contributed by atoms with Crippen molar-refractivity contribution in [3.05, 3.63) is 53.1 Å². The van der Waals surface area contributed by atoms with Crippen LogP contribution in [0.4, 0.5) is 5.69 Å². The molecule has 1 unspecified atom stereocenters. The number of hydrogen-bond donors (Lipinski definition) is 1. The monoisotopic (exact) mass is 462 g/mol. The second-order valence-electron chi connectivity index (χ2n) is 6.86. The summed E-state index contributed by atoms with van der Waals surface area (Å²) in [6, 6.07) is 13.7. The molecular weight excluding hydrogens is 435 g/mol. The van der Waals surface area contributed by atoms with Gasteiger partial charge >= 0.3 is 0 Å². The fraction of sp³-hybridized carbons (Fsp3) is 0.429. The Morgan fingerprint density at radius 3 is 2.21 bits per heavy atom. The van der Waals surface area contributed by atoms with Gasteiger partial charge in [-0.3, -0.25) is 4.90 Å². The predicted molar refractivity (Wildman–Crippen MR) is 124 cm³/mol. The first-order valence-electron chi connectivity index (χ1n) is 9.23. The van der Waals surface area contributed by atoms with E-state index in [1.165, 1.54) is 5.69 Å². The SMILES string of the molecule is COc1ccc(N2CCN(CC(O)COc3ccc(Cl)c(C)c3)CC2)cc1.Cl.Cl. The van der Waals surface area contributed by atoms with Crippen LogP contribution in [0.5, 0.6) is 11.5 Å². The quantitative estimate of drug-likeness (QED) is 0.671. The number of methoxy groups -OCH3 is 1. The lowest BCUT2D eigenvalue weighted by atomic mass is 10.2. The van der Waals surface area contributed by atoms with Crippen molar-refractivity contribution in [1.82, 2.24) is 4.90 Å². The molecule has 8 heteroatoms. The van der Waals surface area contributed by atoms with Gasteiger partial charge in [0, 0.05) is 43.4 Å². The van der Waals surface area contributed by atoms with E-state index in [9.17, 15) is 5.11 Å². The third-order valence-electron chi connectivity index (χ3n) is 4.85. The van der Waals surface area contributed by atoms with Gasteiger partial charge in [0.15, 0.2) is 0 Å². The summed E-state index contributed by atoms with van der Waals surface area (Å²) >= 11 is 6.02. The van der Waals surface area contributed by atoms with Crippen molar-refractivity contribution >= 4 is 42.1 Å². The fourth-order valence-electron chi connectivity index (χ4n) is 3.23. The standard InChI is InChI=1S/C21H27ClN2O3.2ClH/c1-16-13-20(7-8-21(16)22)27-15-18(25)14-23-9-11-24(12-10-23)17-3-5-19(26-2)6-4-17;;/h3-8,13,18,25H,9-12,14-15H2,1-2H3;2*1H. The molecule has 0 aliphatic carbocycles. The summed E-state index contributed by atoms with van der Waals surface area (Å²) in [5, 5.41) is 11.0.